The highest BCUT2D eigenvalue weighted by molar-refractivity contribution is 9.08. The molecule has 6 heteroatoms. The Morgan fingerprint density at radius 1 is 1.13 bits per heavy atom. The number of fused-ring (bicyclic) bond motifs is 1. The molecule has 0 saturated heterocycles. The second-order valence-electron chi connectivity index (χ2n) is 4.90. The summed E-state index contributed by atoms with van der Waals surface area (Å²) in [5.74, 6) is -1.10. The molecule has 0 aliphatic heterocycles. The van der Waals surface area contributed by atoms with Gasteiger partial charge < -0.3 is 5.11 Å². The number of benzene rings is 2. The second-order valence-corrected chi connectivity index (χ2v) is 5.87. The van der Waals surface area contributed by atoms with Gasteiger partial charge in [0.1, 0.15) is 0 Å². The zero-order valence-electron chi connectivity index (χ0n) is 11.8. The van der Waals surface area contributed by atoms with Crippen LogP contribution in [0.15, 0.2) is 53.3 Å². The van der Waals surface area contributed by atoms with Gasteiger partial charge in [-0.05, 0) is 18.2 Å². The maximum atomic E-state index is 13.0. The maximum Gasteiger partial charge on any atom is 0.338 e. The van der Waals surface area contributed by atoms with Crippen LogP contribution in [0.5, 0.6) is 0 Å². The first kappa shape index (κ1) is 15.8. The number of nitrogens with zero attached hydrogens (tertiary/aromatic N) is 1. The van der Waals surface area contributed by atoms with Gasteiger partial charge in [0.2, 0.25) is 0 Å². The summed E-state index contributed by atoms with van der Waals surface area (Å²) >= 11 is 9.48. The number of para-hydroxylation sites is 1. The Morgan fingerprint density at radius 2 is 1.83 bits per heavy atom. The van der Waals surface area contributed by atoms with Crippen molar-refractivity contribution in [3.05, 3.63) is 75.2 Å². The quantitative estimate of drug-likeness (QED) is 0.678. The highest BCUT2D eigenvalue weighted by Crippen LogP contribution is 2.28. The minimum atomic E-state index is -1.10. The van der Waals surface area contributed by atoms with Crippen LogP contribution in [0.25, 0.3) is 16.5 Å². The van der Waals surface area contributed by atoms with E-state index in [9.17, 15) is 14.7 Å². The van der Waals surface area contributed by atoms with E-state index in [1.165, 1.54) is 4.57 Å². The lowest BCUT2D eigenvalue weighted by atomic mass is 10.0. The van der Waals surface area contributed by atoms with Crippen LogP contribution in [-0.4, -0.2) is 15.6 Å². The van der Waals surface area contributed by atoms with Gasteiger partial charge in [-0.3, -0.25) is 9.36 Å². The van der Waals surface area contributed by atoms with Gasteiger partial charge in [0.25, 0.3) is 5.56 Å². The molecule has 0 radical (unpaired) electrons. The van der Waals surface area contributed by atoms with E-state index in [4.69, 9.17) is 11.6 Å². The van der Waals surface area contributed by atoms with Crippen molar-refractivity contribution in [2.75, 3.05) is 0 Å². The van der Waals surface area contributed by atoms with E-state index in [1.807, 2.05) is 6.07 Å². The average Bonchev–Trinajstić information content (AvgIpc) is 2.54. The molecule has 0 fully saturated rings. The molecular formula is C17H11BrClNO3. The average molecular weight is 393 g/mol. The Balaban J connectivity index is 2.59. The molecule has 0 aliphatic carbocycles. The molecule has 1 heterocycles. The first-order chi connectivity index (χ1) is 11.1. The van der Waals surface area contributed by atoms with Crippen LogP contribution in [0.1, 0.15) is 16.1 Å². The van der Waals surface area contributed by atoms with Gasteiger partial charge in [-0.2, -0.15) is 0 Å². The molecular weight excluding hydrogens is 382 g/mol. The molecule has 0 aliphatic rings. The number of halogens is 2. The predicted molar refractivity (Wildman–Crippen MR) is 94.1 cm³/mol. The van der Waals surface area contributed by atoms with E-state index < -0.39 is 5.97 Å². The molecule has 2 aromatic carbocycles. The Bertz CT molecular complexity index is 967. The summed E-state index contributed by atoms with van der Waals surface area (Å²) in [6.45, 7) is 0. The van der Waals surface area contributed by atoms with E-state index >= 15 is 0 Å². The lowest BCUT2D eigenvalue weighted by Gasteiger charge is -2.17. The molecule has 0 unspecified atom stereocenters. The Hall–Kier alpha value is -2.11. The van der Waals surface area contributed by atoms with Crippen molar-refractivity contribution in [1.82, 2.24) is 4.57 Å². The molecule has 1 aromatic heterocycles. The molecule has 3 rings (SSSR count). The highest BCUT2D eigenvalue weighted by atomic mass is 79.9. The fourth-order valence-corrected chi connectivity index (χ4v) is 3.45. The third kappa shape index (κ3) is 2.56. The van der Waals surface area contributed by atoms with Crippen LogP contribution in [0.3, 0.4) is 0 Å². The Kier molecular flexibility index (Phi) is 4.24. The van der Waals surface area contributed by atoms with Gasteiger partial charge >= 0.3 is 5.97 Å². The molecule has 0 spiro atoms. The van der Waals surface area contributed by atoms with Gasteiger partial charge in [0.15, 0.2) is 0 Å². The molecule has 0 saturated carbocycles. The first-order valence-corrected chi connectivity index (χ1v) is 8.27. The van der Waals surface area contributed by atoms with E-state index in [1.54, 1.807) is 42.5 Å². The van der Waals surface area contributed by atoms with Crippen molar-refractivity contribution >= 4 is 44.3 Å². The lowest BCUT2D eigenvalue weighted by Crippen LogP contribution is -2.25. The number of rotatable bonds is 3. The number of carbonyl (C=O) groups is 1. The van der Waals surface area contributed by atoms with Gasteiger partial charge in [-0.25, -0.2) is 4.79 Å². The molecule has 3 aromatic rings. The summed E-state index contributed by atoms with van der Waals surface area (Å²) in [5.41, 5.74) is 0.707. The van der Waals surface area contributed by atoms with Crippen molar-refractivity contribution in [2.45, 2.75) is 5.33 Å². The summed E-state index contributed by atoms with van der Waals surface area (Å²) in [7, 11) is 0. The molecule has 116 valence electrons. The Labute approximate surface area is 145 Å². The van der Waals surface area contributed by atoms with E-state index in [0.29, 0.717) is 16.8 Å². The highest BCUT2D eigenvalue weighted by Gasteiger charge is 2.22. The summed E-state index contributed by atoms with van der Waals surface area (Å²) in [5, 5.41) is 10.7. The van der Waals surface area contributed by atoms with E-state index in [2.05, 4.69) is 15.9 Å². The summed E-state index contributed by atoms with van der Waals surface area (Å²) in [4.78, 5) is 24.8. The SMILES string of the molecule is O=C(O)c1c(CBr)n(-c2ccccc2)c(=O)c2c(Cl)cccc12. The molecule has 1 N–H and O–H groups in total. The minimum Gasteiger partial charge on any atom is -0.478 e. The third-order valence-electron chi connectivity index (χ3n) is 3.61. The third-order valence-corrected chi connectivity index (χ3v) is 4.46. The standard InChI is InChI=1S/C17H11BrClNO3/c18-9-13-15(17(22)23)11-7-4-8-12(19)14(11)16(21)20(13)10-5-2-1-3-6-10/h1-8H,9H2,(H,22,23). The largest absolute Gasteiger partial charge is 0.478 e. The molecule has 4 nitrogen and oxygen atoms in total. The van der Waals surface area contributed by atoms with Crippen LogP contribution in [0.4, 0.5) is 0 Å². The van der Waals surface area contributed by atoms with Crippen LogP contribution >= 0.6 is 27.5 Å². The number of carboxylic acid groups (broad SMARTS) is 1. The van der Waals surface area contributed by atoms with E-state index in [-0.39, 0.29) is 26.9 Å². The second kappa shape index (κ2) is 6.18. The topological polar surface area (TPSA) is 59.3 Å². The van der Waals surface area contributed by atoms with Crippen LogP contribution in [0, 0.1) is 0 Å². The first-order valence-electron chi connectivity index (χ1n) is 6.77. The maximum absolute atomic E-state index is 13.0. The van der Waals surface area contributed by atoms with Crippen LogP contribution in [0.2, 0.25) is 5.02 Å². The van der Waals surface area contributed by atoms with Crippen molar-refractivity contribution < 1.29 is 9.90 Å². The van der Waals surface area contributed by atoms with Gasteiger partial charge in [0, 0.05) is 16.4 Å². The predicted octanol–water partition coefficient (Wildman–Crippen LogP) is 4.24. The zero-order chi connectivity index (χ0) is 16.6. The van der Waals surface area contributed by atoms with Gasteiger partial charge in [0.05, 0.1) is 21.7 Å². The fraction of sp³-hybridized carbons (Fsp3) is 0.0588. The summed E-state index contributed by atoms with van der Waals surface area (Å²) in [6, 6.07) is 13.7. The number of pyridine rings is 1. The van der Waals surface area contributed by atoms with Crippen molar-refractivity contribution in [3.8, 4) is 5.69 Å². The molecule has 0 bridgehead atoms. The number of carboxylic acids is 1. The van der Waals surface area contributed by atoms with Crippen molar-refractivity contribution in [3.63, 3.8) is 0 Å². The minimum absolute atomic E-state index is 0.0721. The van der Waals surface area contributed by atoms with Crippen molar-refractivity contribution in [2.24, 2.45) is 0 Å². The summed E-state index contributed by atoms with van der Waals surface area (Å²) < 4.78 is 1.40. The van der Waals surface area contributed by atoms with Crippen LogP contribution < -0.4 is 5.56 Å². The lowest BCUT2D eigenvalue weighted by molar-refractivity contribution is 0.0697. The van der Waals surface area contributed by atoms with Crippen molar-refractivity contribution in [1.29, 1.82) is 0 Å². The number of hydrogen-bond acceptors (Lipinski definition) is 2. The van der Waals surface area contributed by atoms with Gasteiger partial charge in [-0.1, -0.05) is 57.9 Å². The zero-order valence-corrected chi connectivity index (χ0v) is 14.1. The number of aromatic nitrogens is 1. The summed E-state index contributed by atoms with van der Waals surface area (Å²) in [6.07, 6.45) is 0. The smallest absolute Gasteiger partial charge is 0.338 e. The van der Waals surface area contributed by atoms with Gasteiger partial charge in [-0.15, -0.1) is 0 Å². The number of aromatic carboxylic acids is 1. The molecule has 23 heavy (non-hydrogen) atoms. The monoisotopic (exact) mass is 391 g/mol. The number of hydrogen-bond donors (Lipinski definition) is 1. The normalized spacial score (nSPS) is 10.9. The Morgan fingerprint density at radius 3 is 2.43 bits per heavy atom. The van der Waals surface area contributed by atoms with E-state index in [0.717, 1.165) is 0 Å². The van der Waals surface area contributed by atoms with Crippen LogP contribution in [-0.2, 0) is 5.33 Å². The molecule has 0 amide bonds. The molecule has 0 atom stereocenters. The fourth-order valence-electron chi connectivity index (χ4n) is 2.67. The number of alkyl halides is 1.